The van der Waals surface area contributed by atoms with Gasteiger partial charge >= 0.3 is 0 Å². The van der Waals surface area contributed by atoms with E-state index in [1.54, 1.807) is 12.4 Å². The van der Waals surface area contributed by atoms with Crippen molar-refractivity contribution in [2.75, 3.05) is 0 Å². The molecule has 0 amide bonds. The normalized spacial score (nSPS) is 14.4. The molecule has 74 valence electrons. The first-order chi connectivity index (χ1) is 6.61. The summed E-state index contributed by atoms with van der Waals surface area (Å²) in [6.07, 6.45) is 4.82. The summed E-state index contributed by atoms with van der Waals surface area (Å²) in [6.45, 7) is 3.96. The molecule has 1 rings (SSSR count). The summed E-state index contributed by atoms with van der Waals surface area (Å²) in [4.78, 5) is 3.91. The van der Waals surface area contributed by atoms with E-state index in [1.807, 2.05) is 19.9 Å². The van der Waals surface area contributed by atoms with Crippen molar-refractivity contribution in [3.8, 4) is 6.07 Å². The molecular weight excluding hydrogens is 196 g/mol. The second-order valence-electron chi connectivity index (χ2n) is 3.67. The number of nitrogens with zero attached hydrogens (tertiary/aromatic N) is 2. The van der Waals surface area contributed by atoms with Crippen LogP contribution in [0.25, 0.3) is 0 Å². The van der Waals surface area contributed by atoms with Gasteiger partial charge in [-0.05, 0) is 31.4 Å². The fourth-order valence-electron chi connectivity index (χ4n) is 1.21. The van der Waals surface area contributed by atoms with Gasteiger partial charge < -0.3 is 0 Å². The van der Waals surface area contributed by atoms with Crippen LogP contribution in [0.5, 0.6) is 0 Å². The van der Waals surface area contributed by atoms with E-state index in [2.05, 4.69) is 11.1 Å². The van der Waals surface area contributed by atoms with E-state index >= 15 is 0 Å². The van der Waals surface area contributed by atoms with E-state index in [-0.39, 0.29) is 5.41 Å². The smallest absolute Gasteiger partial charge is 0.0690 e. The fourth-order valence-corrected chi connectivity index (χ4v) is 1.40. The number of aromatic nitrogens is 1. The van der Waals surface area contributed by atoms with Crippen LogP contribution in [0.4, 0.5) is 0 Å². The molecule has 0 aliphatic carbocycles. The van der Waals surface area contributed by atoms with E-state index < -0.39 is 0 Å². The molecule has 1 atom stereocenters. The molecule has 0 bridgehead atoms. The SMILES string of the molecule is CCC(C)(C#N)Cc1ccncc1Cl. The third-order valence-corrected chi connectivity index (χ3v) is 2.83. The Morgan fingerprint density at radius 2 is 2.36 bits per heavy atom. The zero-order valence-electron chi connectivity index (χ0n) is 8.42. The maximum absolute atomic E-state index is 9.03. The highest BCUT2D eigenvalue weighted by Crippen LogP contribution is 2.28. The lowest BCUT2D eigenvalue weighted by Gasteiger charge is -2.19. The van der Waals surface area contributed by atoms with E-state index in [0.717, 1.165) is 12.0 Å². The van der Waals surface area contributed by atoms with E-state index in [9.17, 15) is 0 Å². The van der Waals surface area contributed by atoms with Gasteiger partial charge in [0.05, 0.1) is 16.5 Å². The van der Waals surface area contributed by atoms with Crippen molar-refractivity contribution in [1.82, 2.24) is 4.98 Å². The standard InChI is InChI=1S/C11H13ClN2/c1-3-11(2,8-13)6-9-4-5-14-7-10(9)12/h4-5,7H,3,6H2,1-2H3. The van der Waals surface area contributed by atoms with Crippen molar-refractivity contribution >= 4 is 11.6 Å². The van der Waals surface area contributed by atoms with Gasteiger partial charge in [-0.2, -0.15) is 5.26 Å². The van der Waals surface area contributed by atoms with Crippen LogP contribution in [-0.4, -0.2) is 4.98 Å². The van der Waals surface area contributed by atoms with Crippen molar-refractivity contribution in [2.45, 2.75) is 26.7 Å². The number of hydrogen-bond donors (Lipinski definition) is 0. The Labute approximate surface area is 89.5 Å². The maximum Gasteiger partial charge on any atom is 0.0690 e. The molecule has 0 radical (unpaired) electrons. The molecule has 0 N–H and O–H groups in total. The average molecular weight is 209 g/mol. The molecule has 0 spiro atoms. The zero-order chi connectivity index (χ0) is 10.6. The minimum atomic E-state index is -0.328. The first-order valence-corrected chi connectivity index (χ1v) is 4.99. The van der Waals surface area contributed by atoms with Gasteiger partial charge in [-0.15, -0.1) is 0 Å². The predicted octanol–water partition coefficient (Wildman–Crippen LogP) is 3.22. The minimum absolute atomic E-state index is 0.328. The fraction of sp³-hybridized carbons (Fsp3) is 0.455. The van der Waals surface area contributed by atoms with E-state index in [0.29, 0.717) is 11.4 Å². The molecule has 1 aromatic rings. The summed E-state index contributed by atoms with van der Waals surface area (Å²) in [5, 5.41) is 9.67. The summed E-state index contributed by atoms with van der Waals surface area (Å²) in [6, 6.07) is 4.19. The van der Waals surface area contributed by atoms with Gasteiger partial charge in [-0.1, -0.05) is 18.5 Å². The summed E-state index contributed by atoms with van der Waals surface area (Å²) < 4.78 is 0. The first kappa shape index (κ1) is 11.0. The molecule has 0 saturated heterocycles. The lowest BCUT2D eigenvalue weighted by atomic mass is 9.83. The van der Waals surface area contributed by atoms with Crippen LogP contribution in [0, 0.1) is 16.7 Å². The maximum atomic E-state index is 9.03. The summed E-state index contributed by atoms with van der Waals surface area (Å²) in [5.74, 6) is 0. The Balaban J connectivity index is 2.89. The molecule has 0 fully saturated rings. The number of hydrogen-bond acceptors (Lipinski definition) is 2. The summed E-state index contributed by atoms with van der Waals surface area (Å²) >= 11 is 5.97. The van der Waals surface area contributed by atoms with Crippen molar-refractivity contribution < 1.29 is 0 Å². The topological polar surface area (TPSA) is 36.7 Å². The number of halogens is 1. The molecular formula is C11H13ClN2. The van der Waals surface area contributed by atoms with Crippen LogP contribution in [0.2, 0.25) is 5.02 Å². The number of nitriles is 1. The van der Waals surface area contributed by atoms with Crippen molar-refractivity contribution in [2.24, 2.45) is 5.41 Å². The Hall–Kier alpha value is -1.07. The van der Waals surface area contributed by atoms with Crippen LogP contribution in [0.15, 0.2) is 18.5 Å². The van der Waals surface area contributed by atoms with Crippen molar-refractivity contribution in [1.29, 1.82) is 5.26 Å². The molecule has 0 aliphatic heterocycles. The Bertz CT molecular complexity index is 357. The highest BCUT2D eigenvalue weighted by molar-refractivity contribution is 6.31. The molecule has 0 aliphatic rings. The van der Waals surface area contributed by atoms with Gasteiger partial charge in [-0.3, -0.25) is 4.98 Å². The van der Waals surface area contributed by atoms with Gasteiger partial charge in [0.25, 0.3) is 0 Å². The summed E-state index contributed by atoms with van der Waals surface area (Å²) in [7, 11) is 0. The van der Waals surface area contributed by atoms with Crippen LogP contribution in [0.1, 0.15) is 25.8 Å². The molecule has 0 saturated carbocycles. The number of rotatable bonds is 3. The molecule has 1 aromatic heterocycles. The quantitative estimate of drug-likeness (QED) is 0.765. The third-order valence-electron chi connectivity index (χ3n) is 2.49. The Morgan fingerprint density at radius 3 is 2.86 bits per heavy atom. The van der Waals surface area contributed by atoms with Gasteiger partial charge in [0, 0.05) is 12.4 Å². The third kappa shape index (κ3) is 2.46. The summed E-state index contributed by atoms with van der Waals surface area (Å²) in [5.41, 5.74) is 0.665. The second kappa shape index (κ2) is 4.43. The Morgan fingerprint density at radius 1 is 1.64 bits per heavy atom. The van der Waals surface area contributed by atoms with E-state index in [4.69, 9.17) is 16.9 Å². The van der Waals surface area contributed by atoms with Gasteiger partial charge in [-0.25, -0.2) is 0 Å². The van der Waals surface area contributed by atoms with Gasteiger partial charge in [0.15, 0.2) is 0 Å². The highest BCUT2D eigenvalue weighted by atomic mass is 35.5. The van der Waals surface area contributed by atoms with Crippen LogP contribution >= 0.6 is 11.6 Å². The van der Waals surface area contributed by atoms with Gasteiger partial charge in [0.2, 0.25) is 0 Å². The molecule has 14 heavy (non-hydrogen) atoms. The molecule has 2 nitrogen and oxygen atoms in total. The highest BCUT2D eigenvalue weighted by Gasteiger charge is 2.22. The largest absolute Gasteiger partial charge is 0.263 e. The molecule has 3 heteroatoms. The number of pyridine rings is 1. The molecule has 0 aromatic carbocycles. The van der Waals surface area contributed by atoms with Crippen LogP contribution in [-0.2, 0) is 6.42 Å². The average Bonchev–Trinajstić information content (AvgIpc) is 2.21. The van der Waals surface area contributed by atoms with E-state index in [1.165, 1.54) is 0 Å². The van der Waals surface area contributed by atoms with Crippen molar-refractivity contribution in [3.05, 3.63) is 29.0 Å². The van der Waals surface area contributed by atoms with Crippen LogP contribution in [0.3, 0.4) is 0 Å². The second-order valence-corrected chi connectivity index (χ2v) is 4.08. The Kier molecular flexibility index (Phi) is 3.49. The predicted molar refractivity (Wildman–Crippen MR) is 57.0 cm³/mol. The lowest BCUT2D eigenvalue weighted by Crippen LogP contribution is -2.16. The molecule has 1 unspecified atom stereocenters. The minimum Gasteiger partial charge on any atom is -0.263 e. The lowest BCUT2D eigenvalue weighted by molar-refractivity contribution is 0.423. The van der Waals surface area contributed by atoms with Gasteiger partial charge in [0.1, 0.15) is 0 Å². The van der Waals surface area contributed by atoms with Crippen molar-refractivity contribution in [3.63, 3.8) is 0 Å². The van der Waals surface area contributed by atoms with Crippen LogP contribution < -0.4 is 0 Å². The first-order valence-electron chi connectivity index (χ1n) is 4.61. The zero-order valence-corrected chi connectivity index (χ0v) is 9.17. The molecule has 1 heterocycles. The monoisotopic (exact) mass is 208 g/mol.